The Morgan fingerprint density at radius 3 is 3.06 bits per heavy atom. The molecule has 5 nitrogen and oxygen atoms in total. The van der Waals surface area contributed by atoms with Gasteiger partial charge in [-0.1, -0.05) is 0 Å². The van der Waals surface area contributed by atoms with Crippen LogP contribution in [0, 0.1) is 0 Å². The average molecular weight is 259 g/mol. The number of carbonyl (C=O) groups is 1. The summed E-state index contributed by atoms with van der Waals surface area (Å²) < 4.78 is 10.1. The normalized spacial score (nSPS) is 20.2. The summed E-state index contributed by atoms with van der Waals surface area (Å²) in [7, 11) is 0. The Kier molecular flexibility index (Phi) is 7.96. The van der Waals surface area contributed by atoms with E-state index >= 15 is 0 Å². The maximum atomic E-state index is 11.1. The SMILES string of the molecule is CCOC(=O)COCCN1CCCC1CCCO. The Morgan fingerprint density at radius 1 is 1.50 bits per heavy atom. The van der Waals surface area contributed by atoms with Crippen LogP contribution in [-0.4, -0.2) is 61.5 Å². The molecule has 5 heteroatoms. The minimum absolute atomic E-state index is 0.0446. The topological polar surface area (TPSA) is 59.0 Å². The van der Waals surface area contributed by atoms with Crippen molar-refractivity contribution in [2.75, 3.05) is 39.5 Å². The van der Waals surface area contributed by atoms with Gasteiger partial charge in [-0.15, -0.1) is 0 Å². The third-order valence-electron chi connectivity index (χ3n) is 3.24. The van der Waals surface area contributed by atoms with E-state index in [-0.39, 0.29) is 19.2 Å². The Bertz CT molecular complexity index is 235. The number of esters is 1. The van der Waals surface area contributed by atoms with Crippen LogP contribution in [0.25, 0.3) is 0 Å². The minimum atomic E-state index is -0.296. The molecule has 0 aromatic carbocycles. The molecular formula is C13H25NO4. The highest BCUT2D eigenvalue weighted by atomic mass is 16.6. The fraction of sp³-hybridized carbons (Fsp3) is 0.923. The van der Waals surface area contributed by atoms with Crippen molar-refractivity contribution < 1.29 is 19.4 Å². The van der Waals surface area contributed by atoms with Crippen LogP contribution in [0.4, 0.5) is 0 Å². The van der Waals surface area contributed by atoms with Crippen LogP contribution in [0.1, 0.15) is 32.6 Å². The maximum Gasteiger partial charge on any atom is 0.332 e. The number of carbonyl (C=O) groups excluding carboxylic acids is 1. The maximum absolute atomic E-state index is 11.1. The van der Waals surface area contributed by atoms with Crippen molar-refractivity contribution in [3.8, 4) is 0 Å². The number of aliphatic hydroxyl groups is 1. The van der Waals surface area contributed by atoms with E-state index in [1.165, 1.54) is 12.8 Å². The standard InChI is InChI=1S/C13H25NO4/c1-2-18-13(16)11-17-10-8-14-7-3-5-12(14)6-4-9-15/h12,15H,2-11H2,1H3. The van der Waals surface area contributed by atoms with Gasteiger partial charge in [-0.25, -0.2) is 4.79 Å². The summed E-state index contributed by atoms with van der Waals surface area (Å²) in [6.07, 6.45) is 4.34. The number of nitrogens with zero attached hydrogens (tertiary/aromatic N) is 1. The van der Waals surface area contributed by atoms with Crippen LogP contribution in [0.5, 0.6) is 0 Å². The van der Waals surface area contributed by atoms with Crippen molar-refractivity contribution in [2.24, 2.45) is 0 Å². The zero-order valence-electron chi connectivity index (χ0n) is 11.3. The second kappa shape index (κ2) is 9.30. The van der Waals surface area contributed by atoms with Gasteiger partial charge in [-0.05, 0) is 39.2 Å². The van der Waals surface area contributed by atoms with E-state index in [0.29, 0.717) is 19.3 Å². The monoisotopic (exact) mass is 259 g/mol. The Balaban J connectivity index is 2.08. The van der Waals surface area contributed by atoms with Crippen molar-refractivity contribution in [1.29, 1.82) is 0 Å². The Morgan fingerprint density at radius 2 is 2.33 bits per heavy atom. The van der Waals surface area contributed by atoms with Gasteiger partial charge in [0.05, 0.1) is 13.2 Å². The molecule has 1 rings (SSSR count). The van der Waals surface area contributed by atoms with Crippen molar-refractivity contribution in [3.05, 3.63) is 0 Å². The first-order chi connectivity index (χ1) is 8.77. The lowest BCUT2D eigenvalue weighted by Crippen LogP contribution is -2.33. The van der Waals surface area contributed by atoms with Crippen LogP contribution in [0.3, 0.4) is 0 Å². The van der Waals surface area contributed by atoms with E-state index < -0.39 is 0 Å². The summed E-state index contributed by atoms with van der Waals surface area (Å²) >= 11 is 0. The molecular weight excluding hydrogens is 234 g/mol. The van der Waals surface area contributed by atoms with Gasteiger partial charge in [-0.3, -0.25) is 4.90 Å². The Hall–Kier alpha value is -0.650. The largest absolute Gasteiger partial charge is 0.464 e. The molecule has 0 aromatic heterocycles. The van der Waals surface area contributed by atoms with Crippen LogP contribution in [-0.2, 0) is 14.3 Å². The predicted octanol–water partition coefficient (Wildman–Crippen LogP) is 0.803. The molecule has 1 heterocycles. The van der Waals surface area contributed by atoms with E-state index in [1.54, 1.807) is 6.92 Å². The molecule has 1 fully saturated rings. The first kappa shape index (κ1) is 15.4. The molecule has 0 bridgehead atoms. The van der Waals surface area contributed by atoms with E-state index in [4.69, 9.17) is 14.6 Å². The lowest BCUT2D eigenvalue weighted by molar-refractivity contribution is -0.148. The van der Waals surface area contributed by atoms with Crippen LogP contribution >= 0.6 is 0 Å². The highest BCUT2D eigenvalue weighted by Crippen LogP contribution is 2.20. The van der Waals surface area contributed by atoms with Crippen molar-refractivity contribution >= 4 is 5.97 Å². The third-order valence-corrected chi connectivity index (χ3v) is 3.24. The van der Waals surface area contributed by atoms with E-state index in [9.17, 15) is 4.79 Å². The third kappa shape index (κ3) is 5.80. The summed E-state index contributed by atoms with van der Waals surface area (Å²) in [6.45, 7) is 5.01. The summed E-state index contributed by atoms with van der Waals surface area (Å²) in [5.41, 5.74) is 0. The molecule has 0 saturated carbocycles. The number of ether oxygens (including phenoxy) is 2. The first-order valence-corrected chi connectivity index (χ1v) is 6.86. The molecule has 1 aliphatic rings. The van der Waals surface area contributed by atoms with Crippen molar-refractivity contribution in [1.82, 2.24) is 4.90 Å². The van der Waals surface area contributed by atoms with Crippen molar-refractivity contribution in [2.45, 2.75) is 38.6 Å². The fourth-order valence-corrected chi connectivity index (χ4v) is 2.38. The number of likely N-dealkylation sites (tertiary alicyclic amines) is 1. The highest BCUT2D eigenvalue weighted by molar-refractivity contribution is 5.70. The molecule has 18 heavy (non-hydrogen) atoms. The van der Waals surface area contributed by atoms with Gasteiger partial charge in [0.2, 0.25) is 0 Å². The van der Waals surface area contributed by atoms with Crippen LogP contribution < -0.4 is 0 Å². The minimum Gasteiger partial charge on any atom is -0.464 e. The Labute approximate surface area is 109 Å². The lowest BCUT2D eigenvalue weighted by atomic mass is 10.1. The highest BCUT2D eigenvalue weighted by Gasteiger charge is 2.23. The molecule has 106 valence electrons. The van der Waals surface area contributed by atoms with Gasteiger partial charge >= 0.3 is 5.97 Å². The fourth-order valence-electron chi connectivity index (χ4n) is 2.38. The predicted molar refractivity (Wildman–Crippen MR) is 68.4 cm³/mol. The summed E-state index contributed by atoms with van der Waals surface area (Å²) in [4.78, 5) is 13.4. The second-order valence-electron chi connectivity index (χ2n) is 4.56. The number of hydrogen-bond donors (Lipinski definition) is 1. The molecule has 0 aliphatic carbocycles. The smallest absolute Gasteiger partial charge is 0.332 e. The van der Waals surface area contributed by atoms with E-state index in [0.717, 1.165) is 25.9 Å². The van der Waals surface area contributed by atoms with Gasteiger partial charge < -0.3 is 14.6 Å². The number of rotatable bonds is 9. The average Bonchev–Trinajstić information content (AvgIpc) is 2.80. The van der Waals surface area contributed by atoms with E-state index in [1.807, 2.05) is 0 Å². The zero-order valence-corrected chi connectivity index (χ0v) is 11.3. The second-order valence-corrected chi connectivity index (χ2v) is 4.56. The van der Waals surface area contributed by atoms with Gasteiger partial charge in [0, 0.05) is 19.2 Å². The molecule has 1 saturated heterocycles. The molecule has 1 N–H and O–H groups in total. The van der Waals surface area contributed by atoms with Gasteiger partial charge in [0.1, 0.15) is 6.61 Å². The van der Waals surface area contributed by atoms with Gasteiger partial charge in [0.25, 0.3) is 0 Å². The zero-order chi connectivity index (χ0) is 13.2. The van der Waals surface area contributed by atoms with Crippen LogP contribution in [0.2, 0.25) is 0 Å². The molecule has 1 unspecified atom stereocenters. The first-order valence-electron chi connectivity index (χ1n) is 6.86. The molecule has 0 radical (unpaired) electrons. The van der Waals surface area contributed by atoms with E-state index in [2.05, 4.69) is 4.90 Å². The quantitative estimate of drug-likeness (QED) is 0.490. The number of aliphatic hydroxyl groups excluding tert-OH is 1. The van der Waals surface area contributed by atoms with Gasteiger partial charge in [0.15, 0.2) is 0 Å². The molecule has 0 aromatic rings. The summed E-state index contributed by atoms with van der Waals surface area (Å²) in [5, 5.41) is 8.84. The molecule has 1 atom stereocenters. The number of hydrogen-bond acceptors (Lipinski definition) is 5. The molecule has 0 spiro atoms. The lowest BCUT2D eigenvalue weighted by Gasteiger charge is -2.23. The summed E-state index contributed by atoms with van der Waals surface area (Å²) in [5.74, 6) is -0.296. The van der Waals surface area contributed by atoms with Crippen molar-refractivity contribution in [3.63, 3.8) is 0 Å². The van der Waals surface area contributed by atoms with Crippen LogP contribution in [0.15, 0.2) is 0 Å². The molecule has 0 amide bonds. The summed E-state index contributed by atoms with van der Waals surface area (Å²) in [6, 6.07) is 0.573. The van der Waals surface area contributed by atoms with Gasteiger partial charge in [-0.2, -0.15) is 0 Å². The molecule has 1 aliphatic heterocycles.